The van der Waals surface area contributed by atoms with Gasteiger partial charge in [-0.25, -0.2) is 4.98 Å². The van der Waals surface area contributed by atoms with Crippen molar-refractivity contribution in [2.45, 2.75) is 38.0 Å². The Hall–Kier alpha value is -2.07. The number of aromatic nitrogens is 3. The number of hydrogen-bond acceptors (Lipinski definition) is 2. The summed E-state index contributed by atoms with van der Waals surface area (Å²) in [4.78, 5) is 17.0. The molecule has 118 valence electrons. The third kappa shape index (κ3) is 2.57. The molecule has 0 saturated heterocycles. The van der Waals surface area contributed by atoms with Crippen LogP contribution in [0.2, 0.25) is 5.02 Å². The van der Waals surface area contributed by atoms with Gasteiger partial charge in [0, 0.05) is 17.0 Å². The molecule has 0 aliphatic heterocycles. The smallest absolute Gasteiger partial charge is 0.273 e. The maximum Gasteiger partial charge on any atom is 0.273 e. The number of para-hydroxylation sites is 1. The number of H-pyrrole nitrogens is 2. The number of hydrogen-bond donors (Lipinski definition) is 2. The number of fused-ring (bicyclic) bond motifs is 1. The van der Waals surface area contributed by atoms with Gasteiger partial charge in [0.1, 0.15) is 0 Å². The van der Waals surface area contributed by atoms with E-state index in [0.29, 0.717) is 22.2 Å². The van der Waals surface area contributed by atoms with Crippen LogP contribution in [-0.4, -0.2) is 15.2 Å². The second-order valence-electron chi connectivity index (χ2n) is 6.21. The molecule has 0 unspecified atom stereocenters. The highest BCUT2D eigenvalue weighted by Gasteiger charge is 2.24. The fourth-order valence-corrected chi connectivity index (χ4v) is 3.85. The number of benzene rings is 1. The number of pyridine rings is 1. The molecule has 0 amide bonds. The highest BCUT2D eigenvalue weighted by atomic mass is 35.5. The van der Waals surface area contributed by atoms with Crippen LogP contribution >= 0.6 is 11.6 Å². The summed E-state index contributed by atoms with van der Waals surface area (Å²) in [5.41, 5.74) is 2.96. The highest BCUT2D eigenvalue weighted by molar-refractivity contribution is 6.35. The third-order valence-electron chi connectivity index (χ3n) is 4.74. The molecule has 2 heterocycles. The summed E-state index contributed by atoms with van der Waals surface area (Å²) < 4.78 is 0. The lowest BCUT2D eigenvalue weighted by Gasteiger charge is -2.21. The molecule has 1 aliphatic carbocycles. The summed E-state index contributed by atoms with van der Waals surface area (Å²) in [7, 11) is 0. The summed E-state index contributed by atoms with van der Waals surface area (Å²) in [5.74, 6) is 0.393. The molecule has 0 spiro atoms. The Morgan fingerprint density at radius 2 is 1.87 bits per heavy atom. The number of aromatic amines is 2. The third-order valence-corrected chi connectivity index (χ3v) is 5.06. The van der Waals surface area contributed by atoms with E-state index < -0.39 is 0 Å². The van der Waals surface area contributed by atoms with Crippen LogP contribution in [0.1, 0.15) is 43.7 Å². The minimum absolute atomic E-state index is 0.121. The standard InChI is InChI=1S/C18H18ClN3O/c19-13-10-15(20-14-9-5-4-8-12(13)14)16-17(21-22-18(16)23)11-6-2-1-3-7-11/h4-5,8-11H,1-3,6-7H2,(H2,21,22,23). The molecule has 1 fully saturated rings. The van der Waals surface area contributed by atoms with Crippen LogP contribution in [-0.2, 0) is 0 Å². The van der Waals surface area contributed by atoms with E-state index in [1.54, 1.807) is 6.07 Å². The first kappa shape index (κ1) is 14.5. The fraction of sp³-hybridized carbons (Fsp3) is 0.333. The second-order valence-corrected chi connectivity index (χ2v) is 6.62. The molecule has 2 aromatic heterocycles. The molecule has 1 saturated carbocycles. The summed E-state index contributed by atoms with van der Waals surface area (Å²) in [6.07, 6.45) is 5.93. The molecule has 1 aromatic carbocycles. The van der Waals surface area contributed by atoms with Gasteiger partial charge in [-0.1, -0.05) is 49.1 Å². The molecule has 2 N–H and O–H groups in total. The number of rotatable bonds is 2. The Morgan fingerprint density at radius 3 is 2.70 bits per heavy atom. The number of halogens is 1. The monoisotopic (exact) mass is 327 g/mol. The van der Waals surface area contributed by atoms with Crippen LogP contribution in [0.15, 0.2) is 35.1 Å². The Balaban J connectivity index is 1.87. The normalized spacial score (nSPS) is 16.0. The molecule has 0 radical (unpaired) electrons. The maximum atomic E-state index is 12.4. The predicted molar refractivity (Wildman–Crippen MR) is 93.0 cm³/mol. The Labute approximate surface area is 138 Å². The van der Waals surface area contributed by atoms with Crippen LogP contribution in [0, 0.1) is 0 Å². The molecular weight excluding hydrogens is 310 g/mol. The van der Waals surface area contributed by atoms with Crippen molar-refractivity contribution in [3.8, 4) is 11.3 Å². The van der Waals surface area contributed by atoms with E-state index in [1.807, 2.05) is 24.3 Å². The zero-order chi connectivity index (χ0) is 15.8. The van der Waals surface area contributed by atoms with Gasteiger partial charge in [-0.05, 0) is 25.0 Å². The molecule has 3 aromatic rings. The first-order valence-corrected chi connectivity index (χ1v) is 8.48. The van der Waals surface area contributed by atoms with Crippen molar-refractivity contribution in [2.75, 3.05) is 0 Å². The predicted octanol–water partition coefficient (Wildman–Crippen LogP) is 4.62. The van der Waals surface area contributed by atoms with Gasteiger partial charge < -0.3 is 5.10 Å². The molecule has 1 aliphatic rings. The van der Waals surface area contributed by atoms with E-state index >= 15 is 0 Å². The van der Waals surface area contributed by atoms with E-state index in [4.69, 9.17) is 11.6 Å². The molecule has 0 atom stereocenters. The quantitative estimate of drug-likeness (QED) is 0.721. The van der Waals surface area contributed by atoms with Crippen molar-refractivity contribution < 1.29 is 0 Å². The van der Waals surface area contributed by atoms with Gasteiger partial charge in [-0.2, -0.15) is 0 Å². The molecule has 4 rings (SSSR count). The van der Waals surface area contributed by atoms with E-state index in [1.165, 1.54) is 19.3 Å². The SMILES string of the molecule is O=c1[nH][nH]c(C2CCCCC2)c1-c1cc(Cl)c2ccccc2n1. The van der Waals surface area contributed by atoms with Gasteiger partial charge in [0.05, 0.1) is 21.8 Å². The lowest BCUT2D eigenvalue weighted by atomic mass is 9.85. The molecular formula is C18H18ClN3O. The summed E-state index contributed by atoms with van der Waals surface area (Å²) in [6, 6.07) is 9.53. The average molecular weight is 328 g/mol. The van der Waals surface area contributed by atoms with Gasteiger partial charge in [0.2, 0.25) is 0 Å². The average Bonchev–Trinajstić information content (AvgIpc) is 2.97. The van der Waals surface area contributed by atoms with Crippen molar-refractivity contribution in [1.82, 2.24) is 15.2 Å². The van der Waals surface area contributed by atoms with Gasteiger partial charge in [0.25, 0.3) is 5.56 Å². The Morgan fingerprint density at radius 1 is 1.09 bits per heavy atom. The van der Waals surface area contributed by atoms with E-state index in [0.717, 1.165) is 29.4 Å². The zero-order valence-electron chi connectivity index (χ0n) is 12.7. The zero-order valence-corrected chi connectivity index (χ0v) is 13.5. The molecule has 4 nitrogen and oxygen atoms in total. The van der Waals surface area contributed by atoms with Crippen molar-refractivity contribution in [1.29, 1.82) is 0 Å². The lowest BCUT2D eigenvalue weighted by molar-refractivity contribution is 0.437. The van der Waals surface area contributed by atoms with Crippen molar-refractivity contribution in [3.63, 3.8) is 0 Å². The van der Waals surface area contributed by atoms with Gasteiger partial charge in [0.15, 0.2) is 0 Å². The Bertz CT molecular complexity index is 906. The first-order valence-electron chi connectivity index (χ1n) is 8.10. The molecule has 23 heavy (non-hydrogen) atoms. The fourth-order valence-electron chi connectivity index (χ4n) is 3.58. The van der Waals surface area contributed by atoms with Crippen molar-refractivity contribution in [2.24, 2.45) is 0 Å². The van der Waals surface area contributed by atoms with Gasteiger partial charge >= 0.3 is 0 Å². The molecule has 5 heteroatoms. The van der Waals surface area contributed by atoms with Crippen LogP contribution < -0.4 is 5.56 Å². The maximum absolute atomic E-state index is 12.4. The second kappa shape index (κ2) is 5.85. The van der Waals surface area contributed by atoms with Crippen LogP contribution in [0.4, 0.5) is 0 Å². The first-order chi connectivity index (χ1) is 11.2. The van der Waals surface area contributed by atoms with Crippen molar-refractivity contribution in [3.05, 3.63) is 51.4 Å². The highest BCUT2D eigenvalue weighted by Crippen LogP contribution is 2.36. The van der Waals surface area contributed by atoms with Crippen molar-refractivity contribution >= 4 is 22.5 Å². The number of nitrogens with zero attached hydrogens (tertiary/aromatic N) is 1. The van der Waals surface area contributed by atoms with E-state index in [9.17, 15) is 4.79 Å². The van der Waals surface area contributed by atoms with Crippen LogP contribution in [0.5, 0.6) is 0 Å². The lowest BCUT2D eigenvalue weighted by Crippen LogP contribution is -2.09. The van der Waals surface area contributed by atoms with Gasteiger partial charge in [-0.15, -0.1) is 0 Å². The minimum atomic E-state index is -0.121. The Kier molecular flexibility index (Phi) is 3.69. The minimum Gasteiger partial charge on any atom is -0.301 e. The summed E-state index contributed by atoms with van der Waals surface area (Å²) in [5, 5.41) is 7.36. The van der Waals surface area contributed by atoms with E-state index in [-0.39, 0.29) is 5.56 Å². The van der Waals surface area contributed by atoms with Crippen LogP contribution in [0.3, 0.4) is 0 Å². The van der Waals surface area contributed by atoms with Crippen LogP contribution in [0.25, 0.3) is 22.2 Å². The molecule has 0 bridgehead atoms. The van der Waals surface area contributed by atoms with E-state index in [2.05, 4.69) is 15.2 Å². The number of nitrogens with one attached hydrogen (secondary N) is 2. The summed E-state index contributed by atoms with van der Waals surface area (Å²) in [6.45, 7) is 0. The largest absolute Gasteiger partial charge is 0.301 e. The van der Waals surface area contributed by atoms with Gasteiger partial charge in [-0.3, -0.25) is 9.89 Å². The topological polar surface area (TPSA) is 61.5 Å². The summed E-state index contributed by atoms with van der Waals surface area (Å²) >= 11 is 6.41.